The minimum absolute atomic E-state index is 0.197. The van der Waals surface area contributed by atoms with E-state index in [4.69, 9.17) is 9.15 Å². The normalized spacial score (nSPS) is 27.0. The molecule has 2 fully saturated rings. The van der Waals surface area contributed by atoms with Crippen molar-refractivity contribution in [2.75, 3.05) is 13.1 Å². The zero-order valence-electron chi connectivity index (χ0n) is 12.9. The number of nitrogens with zero attached hydrogens (tertiary/aromatic N) is 1. The Bertz CT molecular complexity index is 550. The van der Waals surface area contributed by atoms with Gasteiger partial charge in [-0.05, 0) is 70.5 Å². The van der Waals surface area contributed by atoms with Crippen LogP contribution in [0.25, 0.3) is 0 Å². The first kappa shape index (κ1) is 16.3. The maximum Gasteiger partial charge on any atom is 0.410 e. The number of nitrogens with one attached hydrogen (secondary N) is 1. The molecule has 0 bridgehead atoms. The summed E-state index contributed by atoms with van der Waals surface area (Å²) < 4.78 is 12.6. The minimum atomic E-state index is -0.429. The van der Waals surface area contributed by atoms with Crippen LogP contribution in [0.3, 0.4) is 0 Å². The van der Waals surface area contributed by atoms with Crippen LogP contribution in [0.2, 0.25) is 0 Å². The molecule has 2 unspecified atom stereocenters. The molecule has 0 spiro atoms. The molecule has 3 rings (SSSR count). The number of piperidine rings is 1. The quantitative estimate of drug-likeness (QED) is 0.785. The molecule has 1 N–H and O–H groups in total. The first-order valence-electron chi connectivity index (χ1n) is 7.39. The Morgan fingerprint density at radius 1 is 1.41 bits per heavy atom. The van der Waals surface area contributed by atoms with E-state index in [0.717, 1.165) is 28.0 Å². The van der Waals surface area contributed by atoms with Crippen molar-refractivity contribution in [3.8, 4) is 0 Å². The predicted octanol–water partition coefficient (Wildman–Crippen LogP) is 3.76. The monoisotopic (exact) mass is 434 g/mol. The smallest absolute Gasteiger partial charge is 0.410 e. The Balaban J connectivity index is 1.44. The van der Waals surface area contributed by atoms with Gasteiger partial charge in [0.15, 0.2) is 4.67 Å². The van der Waals surface area contributed by atoms with Gasteiger partial charge >= 0.3 is 6.09 Å². The molecule has 0 aromatic carbocycles. The summed E-state index contributed by atoms with van der Waals surface area (Å²) in [6.07, 6.45) is -0.197. The molecule has 1 aliphatic carbocycles. The average molecular weight is 436 g/mol. The van der Waals surface area contributed by atoms with Crippen molar-refractivity contribution in [2.45, 2.75) is 39.0 Å². The summed E-state index contributed by atoms with van der Waals surface area (Å²) in [5.74, 6) is 1.97. The van der Waals surface area contributed by atoms with Crippen LogP contribution in [0.1, 0.15) is 26.5 Å². The number of hydrogen-bond donors (Lipinski definition) is 1. The highest BCUT2D eigenvalue weighted by Crippen LogP contribution is 2.46. The van der Waals surface area contributed by atoms with Crippen LogP contribution in [0.15, 0.2) is 19.6 Å². The van der Waals surface area contributed by atoms with Gasteiger partial charge in [-0.3, -0.25) is 0 Å². The lowest BCUT2D eigenvalue weighted by Crippen LogP contribution is -2.39. The van der Waals surface area contributed by atoms with Gasteiger partial charge in [0.05, 0.1) is 11.0 Å². The third-order valence-corrected chi connectivity index (χ3v) is 5.76. The molecule has 2 aliphatic rings. The van der Waals surface area contributed by atoms with Crippen molar-refractivity contribution in [1.29, 1.82) is 0 Å². The predicted molar refractivity (Wildman–Crippen MR) is 89.5 cm³/mol. The average Bonchev–Trinajstić information content (AvgIpc) is 2.73. The second-order valence-corrected chi connectivity index (χ2v) is 8.53. The molecule has 122 valence electrons. The van der Waals surface area contributed by atoms with E-state index in [2.05, 4.69) is 37.2 Å². The molecule has 1 saturated heterocycles. The van der Waals surface area contributed by atoms with Crippen molar-refractivity contribution in [3.05, 3.63) is 21.0 Å². The van der Waals surface area contributed by atoms with Crippen LogP contribution < -0.4 is 5.32 Å². The molecule has 0 radical (unpaired) electrons. The third-order valence-electron chi connectivity index (χ3n) is 4.05. The lowest BCUT2D eigenvalue weighted by molar-refractivity contribution is 0.0269. The summed E-state index contributed by atoms with van der Waals surface area (Å²) in [7, 11) is 0. The Hall–Kier alpha value is -0.530. The molecule has 1 amide bonds. The molecule has 7 heteroatoms. The number of ether oxygens (including phenoxy) is 1. The summed E-state index contributed by atoms with van der Waals surface area (Å²) in [5, 5.41) is 3.51. The van der Waals surface area contributed by atoms with Gasteiger partial charge in [-0.25, -0.2) is 4.79 Å². The number of furan rings is 1. The number of likely N-dealkylation sites (tertiary alicyclic amines) is 1. The molecule has 5 nitrogen and oxygen atoms in total. The van der Waals surface area contributed by atoms with E-state index in [1.54, 1.807) is 0 Å². The van der Waals surface area contributed by atoms with Crippen LogP contribution in [-0.2, 0) is 11.3 Å². The van der Waals surface area contributed by atoms with Gasteiger partial charge in [-0.1, -0.05) is 0 Å². The van der Waals surface area contributed by atoms with Gasteiger partial charge in [-0.2, -0.15) is 0 Å². The van der Waals surface area contributed by atoms with Crippen molar-refractivity contribution in [1.82, 2.24) is 10.2 Å². The van der Waals surface area contributed by atoms with Gasteiger partial charge in [0.1, 0.15) is 11.4 Å². The van der Waals surface area contributed by atoms with Gasteiger partial charge in [0.2, 0.25) is 0 Å². The molecule has 1 aliphatic heterocycles. The van der Waals surface area contributed by atoms with E-state index in [0.29, 0.717) is 24.4 Å². The van der Waals surface area contributed by atoms with Crippen molar-refractivity contribution >= 4 is 38.0 Å². The Morgan fingerprint density at radius 2 is 2.05 bits per heavy atom. The third kappa shape index (κ3) is 3.51. The maximum atomic E-state index is 12.0. The fraction of sp³-hybridized carbons (Fsp3) is 0.667. The molecular formula is C15H20Br2N2O3. The number of carbonyl (C=O) groups excluding carboxylic acids is 1. The number of amides is 1. The minimum Gasteiger partial charge on any atom is -0.452 e. The first-order valence-corrected chi connectivity index (χ1v) is 8.98. The number of carbonyl (C=O) groups is 1. The van der Waals surface area contributed by atoms with Crippen LogP contribution in [0.5, 0.6) is 0 Å². The number of hydrogen-bond acceptors (Lipinski definition) is 4. The second kappa shape index (κ2) is 5.83. The highest BCUT2D eigenvalue weighted by molar-refractivity contribution is 9.13. The maximum absolute atomic E-state index is 12.0. The standard InChI is InChI=1S/C15H20Br2N2O3/c1-15(2,3)22-14(20)19-6-9-10(7-19)12(9)18-5-8-4-11(16)13(17)21-8/h4,9-10,12,18H,5-7H2,1-3H3. The van der Waals surface area contributed by atoms with Crippen molar-refractivity contribution < 1.29 is 13.9 Å². The van der Waals surface area contributed by atoms with E-state index in [9.17, 15) is 4.79 Å². The highest BCUT2D eigenvalue weighted by Gasteiger charge is 2.56. The largest absolute Gasteiger partial charge is 0.452 e. The molecule has 22 heavy (non-hydrogen) atoms. The highest BCUT2D eigenvalue weighted by atomic mass is 79.9. The van der Waals surface area contributed by atoms with E-state index in [-0.39, 0.29) is 6.09 Å². The zero-order valence-corrected chi connectivity index (χ0v) is 16.0. The number of rotatable bonds is 3. The van der Waals surface area contributed by atoms with Gasteiger partial charge in [0.25, 0.3) is 0 Å². The van der Waals surface area contributed by atoms with Crippen molar-refractivity contribution in [2.24, 2.45) is 11.8 Å². The molecule has 1 aromatic heterocycles. The molecular weight excluding hydrogens is 416 g/mol. The van der Waals surface area contributed by atoms with Crippen LogP contribution >= 0.6 is 31.9 Å². The molecule has 2 heterocycles. The summed E-state index contributed by atoms with van der Waals surface area (Å²) in [5.41, 5.74) is -0.429. The van der Waals surface area contributed by atoms with Crippen molar-refractivity contribution in [3.63, 3.8) is 0 Å². The topological polar surface area (TPSA) is 54.7 Å². The number of fused-ring (bicyclic) bond motifs is 1. The lowest BCUT2D eigenvalue weighted by Gasteiger charge is -2.26. The fourth-order valence-electron chi connectivity index (χ4n) is 3.00. The Morgan fingerprint density at radius 3 is 2.55 bits per heavy atom. The van der Waals surface area contributed by atoms with E-state index >= 15 is 0 Å². The van der Waals surface area contributed by atoms with Crippen LogP contribution in [0, 0.1) is 11.8 Å². The summed E-state index contributed by atoms with van der Waals surface area (Å²) in [6, 6.07) is 2.43. The first-order chi connectivity index (χ1) is 10.2. The lowest BCUT2D eigenvalue weighted by atomic mass is 10.2. The molecule has 1 saturated carbocycles. The fourth-order valence-corrected chi connectivity index (χ4v) is 3.66. The summed E-state index contributed by atoms with van der Waals surface area (Å²) >= 11 is 6.74. The summed E-state index contributed by atoms with van der Waals surface area (Å²) in [6.45, 7) is 7.95. The SMILES string of the molecule is CC(C)(C)OC(=O)N1CC2C(C1)C2NCc1cc(Br)c(Br)o1. The molecule has 2 atom stereocenters. The Labute approximate surface area is 147 Å². The van der Waals surface area contributed by atoms with Gasteiger partial charge in [-0.15, -0.1) is 0 Å². The summed E-state index contributed by atoms with van der Waals surface area (Å²) in [4.78, 5) is 13.8. The van der Waals surface area contributed by atoms with Crippen LogP contribution in [0.4, 0.5) is 4.79 Å². The second-order valence-electron chi connectivity index (χ2n) is 6.95. The molecule has 1 aromatic rings. The van der Waals surface area contributed by atoms with Gasteiger partial charge in [0, 0.05) is 19.1 Å². The zero-order chi connectivity index (χ0) is 16.1. The van der Waals surface area contributed by atoms with E-state index in [1.807, 2.05) is 31.7 Å². The van der Waals surface area contributed by atoms with Crippen LogP contribution in [-0.4, -0.2) is 35.7 Å². The Kier molecular flexibility index (Phi) is 4.33. The van der Waals surface area contributed by atoms with E-state index in [1.165, 1.54) is 0 Å². The van der Waals surface area contributed by atoms with E-state index < -0.39 is 5.60 Å². The van der Waals surface area contributed by atoms with Gasteiger partial charge < -0.3 is 19.4 Å². The number of halogens is 2.